The van der Waals surface area contributed by atoms with Gasteiger partial charge in [-0.15, -0.1) is 0 Å². The van der Waals surface area contributed by atoms with Crippen LogP contribution < -0.4 is 10.8 Å². The van der Waals surface area contributed by atoms with E-state index in [0.29, 0.717) is 11.1 Å². The largest absolute Gasteiger partial charge is 0.545 e. The molecular weight excluding hydrogens is 237 g/mol. The number of carbonyl (C=O) groups excluding carboxylic acids is 1. The molecule has 1 aromatic rings. The van der Waals surface area contributed by atoms with Gasteiger partial charge in [-0.2, -0.15) is 0 Å². The Hall–Kier alpha value is -0.770. The number of hydrogen-bond acceptors (Lipinski definition) is 2. The molecule has 0 fully saturated rings. The van der Waals surface area contributed by atoms with Crippen molar-refractivity contribution in [3.05, 3.63) is 33.8 Å². The van der Waals surface area contributed by atoms with Crippen LogP contribution in [0.15, 0.2) is 18.2 Å². The summed E-state index contributed by atoms with van der Waals surface area (Å²) >= 11 is 11.0. The molecule has 0 amide bonds. The smallest absolute Gasteiger partial charge is 0.0786 e. The summed E-state index contributed by atoms with van der Waals surface area (Å²) in [4.78, 5) is 10.3. The molecule has 1 rings (SSSR count). The number of aromatic carboxylic acids is 1. The maximum atomic E-state index is 10.3. The summed E-state index contributed by atoms with van der Waals surface area (Å²) in [5.74, 6) is -1.30. The Kier molecular flexibility index (Phi) is 6.32. The zero-order valence-electron chi connectivity index (χ0n) is 8.59. The minimum absolute atomic E-state index is 0.0453. The van der Waals surface area contributed by atoms with Crippen LogP contribution in [0.4, 0.5) is 0 Å². The first-order chi connectivity index (χ1) is 6.84. The molecular formula is C10H13Cl2NO2. The third-order valence-corrected chi connectivity index (χ3v) is 1.70. The molecule has 0 saturated carbocycles. The van der Waals surface area contributed by atoms with Gasteiger partial charge in [-0.25, -0.2) is 0 Å². The number of rotatable bonds is 1. The van der Waals surface area contributed by atoms with E-state index in [1.54, 1.807) is 0 Å². The van der Waals surface area contributed by atoms with Crippen molar-refractivity contribution < 1.29 is 15.6 Å². The second kappa shape index (κ2) is 6.67. The van der Waals surface area contributed by atoms with Crippen LogP contribution >= 0.6 is 23.2 Å². The van der Waals surface area contributed by atoms with Crippen molar-refractivity contribution >= 4 is 29.2 Å². The number of quaternary nitrogens is 1. The van der Waals surface area contributed by atoms with Crippen molar-refractivity contribution in [2.24, 2.45) is 0 Å². The summed E-state index contributed by atoms with van der Waals surface area (Å²) in [7, 11) is 0. The van der Waals surface area contributed by atoms with Gasteiger partial charge < -0.3 is 15.6 Å². The fourth-order valence-electron chi connectivity index (χ4n) is 0.655. The normalized spacial score (nSPS) is 9.47. The topological polar surface area (TPSA) is 67.8 Å². The van der Waals surface area contributed by atoms with E-state index in [2.05, 4.69) is 19.6 Å². The van der Waals surface area contributed by atoms with Gasteiger partial charge in [0.25, 0.3) is 0 Å². The molecule has 0 aromatic heterocycles. The van der Waals surface area contributed by atoms with Gasteiger partial charge in [0.15, 0.2) is 0 Å². The molecule has 0 bridgehead atoms. The Morgan fingerprint density at radius 1 is 1.40 bits per heavy atom. The highest BCUT2D eigenvalue weighted by Gasteiger charge is 2.00. The second-order valence-electron chi connectivity index (χ2n) is 3.31. The molecule has 15 heavy (non-hydrogen) atoms. The molecule has 0 atom stereocenters. The minimum Gasteiger partial charge on any atom is -0.545 e. The van der Waals surface area contributed by atoms with E-state index < -0.39 is 5.97 Å². The number of halogens is 2. The van der Waals surface area contributed by atoms with Crippen LogP contribution in [-0.2, 0) is 0 Å². The Morgan fingerprint density at radius 3 is 2.20 bits per heavy atom. The van der Waals surface area contributed by atoms with Crippen molar-refractivity contribution in [1.82, 2.24) is 0 Å². The van der Waals surface area contributed by atoms with E-state index in [1.165, 1.54) is 18.2 Å². The Bertz CT molecular complexity index is 337. The fourth-order valence-corrected chi connectivity index (χ4v) is 1.14. The first-order valence-electron chi connectivity index (χ1n) is 4.34. The molecule has 0 spiro atoms. The van der Waals surface area contributed by atoms with Gasteiger partial charge in [0, 0.05) is 10.6 Å². The lowest BCUT2D eigenvalue weighted by molar-refractivity contribution is -0.407. The second-order valence-corrected chi connectivity index (χ2v) is 4.15. The van der Waals surface area contributed by atoms with E-state index >= 15 is 0 Å². The highest BCUT2D eigenvalue weighted by Crippen LogP contribution is 2.19. The Balaban J connectivity index is 0.000000423. The van der Waals surface area contributed by atoms with Gasteiger partial charge >= 0.3 is 0 Å². The molecule has 0 aliphatic rings. The first kappa shape index (κ1) is 14.2. The molecule has 0 saturated heterocycles. The number of hydrogen-bond donors (Lipinski definition) is 1. The van der Waals surface area contributed by atoms with Crippen molar-refractivity contribution in [1.29, 1.82) is 0 Å². The van der Waals surface area contributed by atoms with Gasteiger partial charge in [0.05, 0.1) is 17.0 Å². The van der Waals surface area contributed by atoms with Crippen molar-refractivity contribution in [2.45, 2.75) is 19.9 Å². The molecule has 84 valence electrons. The summed E-state index contributed by atoms with van der Waals surface area (Å²) < 4.78 is 0. The summed E-state index contributed by atoms with van der Waals surface area (Å²) in [6.45, 7) is 4.11. The van der Waals surface area contributed by atoms with Crippen LogP contribution in [0.1, 0.15) is 24.2 Å². The molecule has 0 unspecified atom stereocenters. The number of benzene rings is 1. The molecule has 1 aromatic carbocycles. The Morgan fingerprint density at radius 2 is 1.87 bits per heavy atom. The number of carbonyl (C=O) groups is 1. The van der Waals surface area contributed by atoms with E-state index in [0.717, 1.165) is 0 Å². The van der Waals surface area contributed by atoms with Crippen LogP contribution in [0.25, 0.3) is 0 Å². The van der Waals surface area contributed by atoms with Crippen LogP contribution in [0.3, 0.4) is 0 Å². The maximum Gasteiger partial charge on any atom is 0.0786 e. The first-order valence-corrected chi connectivity index (χ1v) is 5.09. The average Bonchev–Trinajstić information content (AvgIpc) is 2.01. The van der Waals surface area contributed by atoms with Gasteiger partial charge in [-0.1, -0.05) is 29.3 Å². The molecule has 3 nitrogen and oxygen atoms in total. The summed E-state index contributed by atoms with van der Waals surface area (Å²) in [5, 5.41) is 10.8. The Labute approximate surface area is 98.8 Å². The zero-order valence-corrected chi connectivity index (χ0v) is 10.1. The van der Waals surface area contributed by atoms with E-state index in [4.69, 9.17) is 23.2 Å². The monoisotopic (exact) mass is 249 g/mol. The predicted octanol–water partition coefficient (Wildman–Crippen LogP) is 0.994. The highest BCUT2D eigenvalue weighted by atomic mass is 35.5. The zero-order chi connectivity index (χ0) is 12.0. The van der Waals surface area contributed by atoms with Crippen molar-refractivity contribution in [3.8, 4) is 0 Å². The number of carboxylic acids is 1. The van der Waals surface area contributed by atoms with Crippen LogP contribution in [-0.4, -0.2) is 12.0 Å². The lowest BCUT2D eigenvalue weighted by Gasteiger charge is -2.03. The standard InChI is InChI=1S/C7H4Cl2O2.C3H9N/c8-4-1-2-5(7(10)11)6(9)3-4;1-3(2)4/h1-3H,(H,10,11);3H,4H2,1-2H3. The van der Waals surface area contributed by atoms with E-state index in [9.17, 15) is 9.90 Å². The lowest BCUT2D eigenvalue weighted by Crippen LogP contribution is -2.57. The fraction of sp³-hybridized carbons (Fsp3) is 0.300. The quantitative estimate of drug-likeness (QED) is 0.807. The van der Waals surface area contributed by atoms with Crippen LogP contribution in [0.2, 0.25) is 10.0 Å². The van der Waals surface area contributed by atoms with Crippen molar-refractivity contribution in [2.75, 3.05) is 0 Å². The average molecular weight is 250 g/mol. The summed E-state index contributed by atoms with van der Waals surface area (Å²) in [6, 6.07) is 4.69. The number of carboxylic acid groups (broad SMARTS) is 1. The molecule has 0 radical (unpaired) electrons. The highest BCUT2D eigenvalue weighted by molar-refractivity contribution is 6.36. The SMILES string of the molecule is CC(C)[NH3+].O=C([O-])c1ccc(Cl)cc1Cl. The maximum absolute atomic E-state index is 10.3. The van der Waals surface area contributed by atoms with Gasteiger partial charge in [-0.3, -0.25) is 0 Å². The minimum atomic E-state index is -1.30. The van der Waals surface area contributed by atoms with Gasteiger partial charge in [0.1, 0.15) is 0 Å². The van der Waals surface area contributed by atoms with Gasteiger partial charge in [0.2, 0.25) is 0 Å². The van der Waals surface area contributed by atoms with E-state index in [1.807, 2.05) is 0 Å². The molecule has 5 heteroatoms. The third kappa shape index (κ3) is 6.33. The molecule has 3 N–H and O–H groups in total. The third-order valence-electron chi connectivity index (χ3n) is 1.15. The van der Waals surface area contributed by atoms with E-state index in [-0.39, 0.29) is 10.6 Å². The van der Waals surface area contributed by atoms with Crippen molar-refractivity contribution in [3.63, 3.8) is 0 Å². The van der Waals surface area contributed by atoms with Crippen LogP contribution in [0.5, 0.6) is 0 Å². The van der Waals surface area contributed by atoms with Crippen LogP contribution in [0, 0.1) is 0 Å². The predicted molar refractivity (Wildman–Crippen MR) is 58.8 cm³/mol. The summed E-state index contributed by atoms with van der Waals surface area (Å²) in [6.07, 6.45) is 0. The molecule has 0 heterocycles. The molecule has 0 aliphatic carbocycles. The lowest BCUT2D eigenvalue weighted by atomic mass is 10.2. The molecule has 0 aliphatic heterocycles. The van der Waals surface area contributed by atoms with Gasteiger partial charge in [-0.05, 0) is 26.0 Å². The summed E-state index contributed by atoms with van der Waals surface area (Å²) in [5.41, 5.74) is 3.59.